The number of carbonyl (C=O) groups excluding carboxylic acids is 1. The van der Waals surface area contributed by atoms with E-state index in [1.807, 2.05) is 0 Å². The van der Waals surface area contributed by atoms with Gasteiger partial charge in [0, 0.05) is 0 Å². The van der Waals surface area contributed by atoms with E-state index in [0.717, 1.165) is 18.4 Å². The fourth-order valence-corrected chi connectivity index (χ4v) is 1.63. The Morgan fingerprint density at radius 1 is 1.71 bits per heavy atom. The zero-order valence-electron chi connectivity index (χ0n) is 9.94. The molecule has 0 spiro atoms. The van der Waals surface area contributed by atoms with E-state index in [9.17, 15) is 4.79 Å². The van der Waals surface area contributed by atoms with Crippen molar-refractivity contribution in [2.45, 2.75) is 26.3 Å². The Labute approximate surface area is 99.9 Å². The summed E-state index contributed by atoms with van der Waals surface area (Å²) in [7, 11) is 0. The van der Waals surface area contributed by atoms with Crippen molar-refractivity contribution in [2.75, 3.05) is 19.8 Å². The number of fused-ring (bicyclic) bond motifs is 1. The van der Waals surface area contributed by atoms with E-state index in [0.29, 0.717) is 32.2 Å². The van der Waals surface area contributed by atoms with Crippen LogP contribution >= 0.6 is 0 Å². The van der Waals surface area contributed by atoms with Crippen LogP contribution in [0.5, 0.6) is 5.88 Å². The highest BCUT2D eigenvalue weighted by molar-refractivity contribution is 5.67. The van der Waals surface area contributed by atoms with Gasteiger partial charge >= 0.3 is 6.09 Å². The van der Waals surface area contributed by atoms with Gasteiger partial charge in [-0.2, -0.15) is 5.10 Å². The first kappa shape index (κ1) is 11.8. The minimum absolute atomic E-state index is 0.281. The molecule has 1 aliphatic rings. The molecule has 1 aromatic rings. The Bertz CT molecular complexity index is 378. The quantitative estimate of drug-likeness (QED) is 0.812. The van der Waals surface area contributed by atoms with Crippen LogP contribution in [0.3, 0.4) is 0 Å². The average molecular weight is 239 g/mol. The fraction of sp³-hybridized carbons (Fsp3) is 0.636. The van der Waals surface area contributed by atoms with Gasteiger partial charge in [-0.3, -0.25) is 0 Å². The molecular weight excluding hydrogens is 222 g/mol. The molecule has 0 unspecified atom stereocenters. The third-order valence-corrected chi connectivity index (χ3v) is 2.63. The second kappa shape index (κ2) is 5.56. The maximum Gasteiger partial charge on any atom is 0.410 e. The Kier molecular flexibility index (Phi) is 3.85. The molecule has 6 heteroatoms. The van der Waals surface area contributed by atoms with E-state index in [1.165, 1.54) is 0 Å². The van der Waals surface area contributed by atoms with Gasteiger partial charge in [-0.05, 0) is 6.42 Å². The molecule has 2 rings (SSSR count). The molecule has 0 fully saturated rings. The van der Waals surface area contributed by atoms with Gasteiger partial charge < -0.3 is 14.4 Å². The van der Waals surface area contributed by atoms with Crippen molar-refractivity contribution < 1.29 is 14.3 Å². The Balaban J connectivity index is 1.91. The second-order valence-electron chi connectivity index (χ2n) is 3.96. The highest BCUT2D eigenvalue weighted by Gasteiger charge is 2.21. The van der Waals surface area contributed by atoms with Crippen molar-refractivity contribution in [3.8, 4) is 5.88 Å². The van der Waals surface area contributed by atoms with Crippen molar-refractivity contribution in [1.82, 2.24) is 15.1 Å². The number of ether oxygens (including phenoxy) is 2. The van der Waals surface area contributed by atoms with Crippen LogP contribution in [0.2, 0.25) is 0 Å². The molecule has 0 aliphatic carbocycles. The molecule has 1 aliphatic heterocycles. The van der Waals surface area contributed by atoms with Crippen molar-refractivity contribution in [2.24, 2.45) is 0 Å². The fourth-order valence-electron chi connectivity index (χ4n) is 1.63. The summed E-state index contributed by atoms with van der Waals surface area (Å²) in [6.45, 7) is 4.01. The van der Waals surface area contributed by atoms with Crippen molar-refractivity contribution in [1.29, 1.82) is 0 Å². The smallest absolute Gasteiger partial charge is 0.410 e. The number of carbonyl (C=O) groups is 1. The van der Waals surface area contributed by atoms with Crippen molar-refractivity contribution in [3.05, 3.63) is 11.8 Å². The third kappa shape index (κ3) is 2.89. The van der Waals surface area contributed by atoms with Gasteiger partial charge in [0.1, 0.15) is 6.61 Å². The SMILES string of the molecule is CCCCOC(=O)N1CCOc2[nH]ncc2C1. The van der Waals surface area contributed by atoms with Crippen LogP contribution in [-0.2, 0) is 11.3 Å². The summed E-state index contributed by atoms with van der Waals surface area (Å²) in [5.41, 5.74) is 0.884. The Morgan fingerprint density at radius 3 is 3.41 bits per heavy atom. The standard InChI is InChI=1S/C11H17N3O3/c1-2-3-5-17-11(15)14-4-6-16-10-9(8-14)7-12-13-10/h7H,2-6,8H2,1H3,(H,12,13). The Hall–Kier alpha value is -1.72. The van der Waals surface area contributed by atoms with Crippen LogP contribution in [0.1, 0.15) is 25.3 Å². The topological polar surface area (TPSA) is 67.4 Å². The highest BCUT2D eigenvalue weighted by atomic mass is 16.6. The highest BCUT2D eigenvalue weighted by Crippen LogP contribution is 2.19. The zero-order chi connectivity index (χ0) is 12.1. The molecule has 1 amide bonds. The molecule has 0 aromatic carbocycles. The molecule has 94 valence electrons. The number of hydrogen-bond donors (Lipinski definition) is 1. The predicted octanol–water partition coefficient (Wildman–Crippen LogP) is 1.54. The van der Waals surface area contributed by atoms with E-state index in [2.05, 4.69) is 17.1 Å². The molecule has 17 heavy (non-hydrogen) atoms. The summed E-state index contributed by atoms with van der Waals surface area (Å²) < 4.78 is 10.6. The molecule has 0 radical (unpaired) electrons. The lowest BCUT2D eigenvalue weighted by molar-refractivity contribution is 0.0957. The number of amides is 1. The van der Waals surface area contributed by atoms with Gasteiger partial charge in [0.15, 0.2) is 0 Å². The van der Waals surface area contributed by atoms with Crippen LogP contribution in [0, 0.1) is 0 Å². The molecule has 2 heterocycles. The summed E-state index contributed by atoms with van der Waals surface area (Å²) in [6.07, 6.45) is 3.30. The van der Waals surface area contributed by atoms with Gasteiger partial charge in [0.05, 0.1) is 31.5 Å². The van der Waals surface area contributed by atoms with E-state index < -0.39 is 0 Å². The van der Waals surface area contributed by atoms with E-state index in [1.54, 1.807) is 11.1 Å². The van der Waals surface area contributed by atoms with Crippen LogP contribution in [0.4, 0.5) is 4.79 Å². The molecule has 1 aromatic heterocycles. The minimum atomic E-state index is -0.281. The van der Waals surface area contributed by atoms with Crippen LogP contribution in [0.15, 0.2) is 6.20 Å². The number of nitrogens with zero attached hydrogens (tertiary/aromatic N) is 2. The van der Waals surface area contributed by atoms with Gasteiger partial charge in [0.25, 0.3) is 0 Å². The molecule has 1 N–H and O–H groups in total. The summed E-state index contributed by atoms with van der Waals surface area (Å²) in [5.74, 6) is 0.647. The maximum absolute atomic E-state index is 11.8. The van der Waals surface area contributed by atoms with Crippen LogP contribution in [0.25, 0.3) is 0 Å². The van der Waals surface area contributed by atoms with Gasteiger partial charge in [-0.1, -0.05) is 13.3 Å². The third-order valence-electron chi connectivity index (χ3n) is 2.63. The number of rotatable bonds is 3. The monoisotopic (exact) mass is 239 g/mol. The van der Waals surface area contributed by atoms with E-state index in [-0.39, 0.29) is 6.09 Å². The van der Waals surface area contributed by atoms with Crippen LogP contribution < -0.4 is 4.74 Å². The predicted molar refractivity (Wildman–Crippen MR) is 60.7 cm³/mol. The van der Waals surface area contributed by atoms with E-state index >= 15 is 0 Å². The van der Waals surface area contributed by atoms with Crippen LogP contribution in [-0.4, -0.2) is 40.9 Å². The lowest BCUT2D eigenvalue weighted by Crippen LogP contribution is -2.33. The normalized spacial score (nSPS) is 14.8. The number of H-pyrrole nitrogens is 1. The first-order valence-corrected chi connectivity index (χ1v) is 5.88. The van der Waals surface area contributed by atoms with E-state index in [4.69, 9.17) is 9.47 Å². The van der Waals surface area contributed by atoms with Gasteiger partial charge in [-0.25, -0.2) is 9.89 Å². The molecular formula is C11H17N3O3. The number of aromatic amines is 1. The molecule has 0 saturated heterocycles. The summed E-state index contributed by atoms with van der Waals surface area (Å²) in [5, 5.41) is 6.64. The van der Waals surface area contributed by atoms with Gasteiger partial charge in [0.2, 0.25) is 5.88 Å². The lowest BCUT2D eigenvalue weighted by atomic mass is 10.3. The number of hydrogen-bond acceptors (Lipinski definition) is 4. The maximum atomic E-state index is 11.8. The summed E-state index contributed by atoms with van der Waals surface area (Å²) >= 11 is 0. The molecule has 0 bridgehead atoms. The first-order valence-electron chi connectivity index (χ1n) is 5.88. The number of unbranched alkanes of at least 4 members (excludes halogenated alkanes) is 1. The summed E-state index contributed by atoms with van der Waals surface area (Å²) in [4.78, 5) is 13.4. The average Bonchev–Trinajstić information content (AvgIpc) is 2.66. The molecule has 0 saturated carbocycles. The minimum Gasteiger partial charge on any atom is -0.476 e. The molecule has 6 nitrogen and oxygen atoms in total. The molecule has 0 atom stereocenters. The van der Waals surface area contributed by atoms with Crippen molar-refractivity contribution in [3.63, 3.8) is 0 Å². The second-order valence-corrected chi connectivity index (χ2v) is 3.96. The van der Waals surface area contributed by atoms with Gasteiger partial charge in [-0.15, -0.1) is 0 Å². The number of aromatic nitrogens is 2. The number of nitrogens with one attached hydrogen (secondary N) is 1. The zero-order valence-corrected chi connectivity index (χ0v) is 9.94. The first-order chi connectivity index (χ1) is 8.31. The Morgan fingerprint density at radius 2 is 2.59 bits per heavy atom. The largest absolute Gasteiger partial charge is 0.476 e. The van der Waals surface area contributed by atoms with Crippen molar-refractivity contribution >= 4 is 6.09 Å². The lowest BCUT2D eigenvalue weighted by Gasteiger charge is -2.18. The summed E-state index contributed by atoms with van der Waals surface area (Å²) in [6, 6.07) is 0.